The number of hydrogen-bond acceptors (Lipinski definition) is 3. The molecule has 1 rings (SSSR count). The number of hydrogen-bond donors (Lipinski definition) is 2. The maximum Gasteiger partial charge on any atom is 0.323 e. The summed E-state index contributed by atoms with van der Waals surface area (Å²) in [5, 5.41) is 12.2. The SMILES string of the molecule is CCNC(C)(CCOCC1CCCC1)C(=O)O. The number of carboxylic acids is 1. The van der Waals surface area contributed by atoms with Gasteiger partial charge in [-0.2, -0.15) is 0 Å². The number of rotatable bonds is 8. The number of nitrogens with one attached hydrogen (secondary N) is 1. The van der Waals surface area contributed by atoms with Crippen LogP contribution in [0.3, 0.4) is 0 Å². The van der Waals surface area contributed by atoms with E-state index in [9.17, 15) is 4.79 Å². The van der Waals surface area contributed by atoms with Crippen molar-refractivity contribution in [3.8, 4) is 0 Å². The van der Waals surface area contributed by atoms with Gasteiger partial charge in [0.25, 0.3) is 0 Å². The van der Waals surface area contributed by atoms with Gasteiger partial charge >= 0.3 is 5.97 Å². The molecule has 1 aliphatic rings. The second-order valence-electron chi connectivity index (χ2n) is 5.14. The minimum Gasteiger partial charge on any atom is -0.480 e. The molecule has 0 bridgehead atoms. The molecule has 4 nitrogen and oxygen atoms in total. The highest BCUT2D eigenvalue weighted by atomic mass is 16.5. The van der Waals surface area contributed by atoms with Crippen LogP contribution in [0.4, 0.5) is 0 Å². The van der Waals surface area contributed by atoms with Crippen LogP contribution in [0, 0.1) is 5.92 Å². The first-order valence-electron chi connectivity index (χ1n) is 6.64. The number of aliphatic carboxylic acids is 1. The van der Waals surface area contributed by atoms with Gasteiger partial charge in [-0.05, 0) is 38.6 Å². The summed E-state index contributed by atoms with van der Waals surface area (Å²) in [5.41, 5.74) is -0.857. The van der Waals surface area contributed by atoms with Crippen LogP contribution in [0.25, 0.3) is 0 Å². The van der Waals surface area contributed by atoms with Gasteiger partial charge in [0.15, 0.2) is 0 Å². The Morgan fingerprint density at radius 1 is 1.47 bits per heavy atom. The molecule has 1 atom stereocenters. The third kappa shape index (κ3) is 4.64. The van der Waals surface area contributed by atoms with Gasteiger partial charge in [-0.1, -0.05) is 19.8 Å². The highest BCUT2D eigenvalue weighted by Crippen LogP contribution is 2.24. The van der Waals surface area contributed by atoms with Crippen molar-refractivity contribution in [3.05, 3.63) is 0 Å². The Kier molecular flexibility index (Phi) is 5.92. The fraction of sp³-hybridized carbons (Fsp3) is 0.923. The topological polar surface area (TPSA) is 58.6 Å². The summed E-state index contributed by atoms with van der Waals surface area (Å²) in [7, 11) is 0. The Balaban J connectivity index is 2.20. The summed E-state index contributed by atoms with van der Waals surface area (Å²) < 4.78 is 5.61. The number of carbonyl (C=O) groups is 1. The fourth-order valence-electron chi connectivity index (χ4n) is 2.36. The van der Waals surface area contributed by atoms with Crippen molar-refractivity contribution in [1.29, 1.82) is 0 Å². The van der Waals surface area contributed by atoms with Crippen molar-refractivity contribution in [2.24, 2.45) is 5.92 Å². The Labute approximate surface area is 104 Å². The maximum absolute atomic E-state index is 11.1. The molecule has 0 aromatic heterocycles. The Morgan fingerprint density at radius 3 is 2.65 bits per heavy atom. The molecule has 0 radical (unpaired) electrons. The lowest BCUT2D eigenvalue weighted by Crippen LogP contribution is -2.50. The molecule has 17 heavy (non-hydrogen) atoms. The van der Waals surface area contributed by atoms with Gasteiger partial charge in [0.2, 0.25) is 0 Å². The van der Waals surface area contributed by atoms with Gasteiger partial charge in [0.1, 0.15) is 5.54 Å². The van der Waals surface area contributed by atoms with E-state index in [1.165, 1.54) is 25.7 Å². The van der Waals surface area contributed by atoms with E-state index in [1.807, 2.05) is 6.92 Å². The standard InChI is InChI=1S/C13H25NO3/c1-3-14-13(2,12(15)16)8-9-17-10-11-6-4-5-7-11/h11,14H,3-10H2,1-2H3,(H,15,16). The van der Waals surface area contributed by atoms with Gasteiger partial charge in [0.05, 0.1) is 0 Å². The zero-order valence-electron chi connectivity index (χ0n) is 11.0. The van der Waals surface area contributed by atoms with E-state index in [2.05, 4.69) is 5.32 Å². The van der Waals surface area contributed by atoms with Crippen LogP contribution in [0.15, 0.2) is 0 Å². The molecule has 0 amide bonds. The molecule has 1 saturated carbocycles. The maximum atomic E-state index is 11.1. The Hall–Kier alpha value is -0.610. The normalized spacial score (nSPS) is 20.4. The highest BCUT2D eigenvalue weighted by molar-refractivity contribution is 5.78. The predicted octanol–water partition coefficient (Wildman–Crippen LogP) is 2.04. The monoisotopic (exact) mass is 243 g/mol. The first-order valence-corrected chi connectivity index (χ1v) is 6.64. The van der Waals surface area contributed by atoms with Crippen LogP contribution in [0.2, 0.25) is 0 Å². The van der Waals surface area contributed by atoms with Crippen molar-refractivity contribution in [3.63, 3.8) is 0 Å². The van der Waals surface area contributed by atoms with Gasteiger partial charge in [-0.3, -0.25) is 4.79 Å². The average molecular weight is 243 g/mol. The molecule has 0 spiro atoms. The molecule has 1 aliphatic carbocycles. The summed E-state index contributed by atoms with van der Waals surface area (Å²) in [6.07, 6.45) is 5.69. The van der Waals surface area contributed by atoms with E-state index in [4.69, 9.17) is 9.84 Å². The lowest BCUT2D eigenvalue weighted by atomic mass is 9.98. The summed E-state index contributed by atoms with van der Waals surface area (Å²) in [6, 6.07) is 0. The summed E-state index contributed by atoms with van der Waals surface area (Å²) >= 11 is 0. The van der Waals surface area contributed by atoms with E-state index in [-0.39, 0.29) is 0 Å². The first-order chi connectivity index (χ1) is 8.08. The second kappa shape index (κ2) is 6.97. The summed E-state index contributed by atoms with van der Waals surface area (Å²) in [6.45, 7) is 5.61. The summed E-state index contributed by atoms with van der Waals surface area (Å²) in [4.78, 5) is 11.1. The molecule has 0 heterocycles. The smallest absolute Gasteiger partial charge is 0.323 e. The largest absolute Gasteiger partial charge is 0.480 e. The minimum atomic E-state index is -0.857. The van der Waals surface area contributed by atoms with Crippen LogP contribution in [-0.4, -0.2) is 36.4 Å². The first kappa shape index (κ1) is 14.5. The van der Waals surface area contributed by atoms with Crippen LogP contribution >= 0.6 is 0 Å². The quantitative estimate of drug-likeness (QED) is 0.640. The molecule has 0 aliphatic heterocycles. The molecule has 100 valence electrons. The third-order valence-electron chi connectivity index (χ3n) is 3.61. The molecule has 1 fully saturated rings. The van der Waals surface area contributed by atoms with Gasteiger partial charge in [-0.25, -0.2) is 0 Å². The molecule has 0 saturated heterocycles. The van der Waals surface area contributed by atoms with Gasteiger partial charge in [-0.15, -0.1) is 0 Å². The van der Waals surface area contributed by atoms with Crippen LogP contribution in [0.5, 0.6) is 0 Å². The Morgan fingerprint density at radius 2 is 2.12 bits per heavy atom. The van der Waals surface area contributed by atoms with E-state index in [0.717, 1.165) is 6.61 Å². The number of likely N-dealkylation sites (N-methyl/N-ethyl adjacent to an activating group) is 1. The molecule has 1 unspecified atom stereocenters. The van der Waals surface area contributed by atoms with Crippen molar-refractivity contribution >= 4 is 5.97 Å². The molecular formula is C13H25NO3. The van der Waals surface area contributed by atoms with Crippen molar-refractivity contribution in [1.82, 2.24) is 5.32 Å². The van der Waals surface area contributed by atoms with Gasteiger partial charge < -0.3 is 15.2 Å². The predicted molar refractivity (Wildman–Crippen MR) is 67.1 cm³/mol. The highest BCUT2D eigenvalue weighted by Gasteiger charge is 2.31. The van der Waals surface area contributed by atoms with Crippen LogP contribution in [-0.2, 0) is 9.53 Å². The van der Waals surface area contributed by atoms with Crippen LogP contribution in [0.1, 0.15) is 46.0 Å². The van der Waals surface area contributed by atoms with Crippen molar-refractivity contribution in [2.75, 3.05) is 19.8 Å². The lowest BCUT2D eigenvalue weighted by molar-refractivity contribution is -0.145. The molecule has 0 aromatic carbocycles. The zero-order valence-corrected chi connectivity index (χ0v) is 11.0. The van der Waals surface area contributed by atoms with E-state index >= 15 is 0 Å². The van der Waals surface area contributed by atoms with E-state index in [0.29, 0.717) is 25.5 Å². The van der Waals surface area contributed by atoms with Gasteiger partial charge in [0, 0.05) is 13.2 Å². The molecular weight excluding hydrogens is 218 g/mol. The zero-order chi connectivity index (χ0) is 12.7. The Bertz CT molecular complexity index is 239. The average Bonchev–Trinajstić information content (AvgIpc) is 2.77. The minimum absolute atomic E-state index is 0.517. The summed E-state index contributed by atoms with van der Waals surface area (Å²) in [5.74, 6) is -0.103. The van der Waals surface area contributed by atoms with Crippen LogP contribution < -0.4 is 5.32 Å². The third-order valence-corrected chi connectivity index (χ3v) is 3.61. The molecule has 2 N–H and O–H groups in total. The van der Waals surface area contributed by atoms with Crippen molar-refractivity contribution in [2.45, 2.75) is 51.5 Å². The number of carboxylic acid groups (broad SMARTS) is 1. The second-order valence-corrected chi connectivity index (χ2v) is 5.14. The van der Waals surface area contributed by atoms with Crippen molar-refractivity contribution < 1.29 is 14.6 Å². The van der Waals surface area contributed by atoms with E-state index < -0.39 is 11.5 Å². The lowest BCUT2D eigenvalue weighted by Gasteiger charge is -2.25. The van der Waals surface area contributed by atoms with E-state index in [1.54, 1.807) is 6.92 Å². The molecule has 0 aromatic rings. The molecule has 4 heteroatoms. The number of ether oxygens (including phenoxy) is 1. The fourth-order valence-corrected chi connectivity index (χ4v) is 2.36.